The predicted octanol–water partition coefficient (Wildman–Crippen LogP) is 2.15. The van der Waals surface area contributed by atoms with E-state index in [1.165, 1.54) is 22.5 Å². The molecule has 1 aromatic rings. The molecule has 1 saturated heterocycles. The van der Waals surface area contributed by atoms with Crippen LogP contribution in [0.4, 0.5) is 8.78 Å². The highest BCUT2D eigenvalue weighted by molar-refractivity contribution is 7.89. The maximum absolute atomic E-state index is 12.7. The molecule has 2 fully saturated rings. The quantitative estimate of drug-likeness (QED) is 0.820. The van der Waals surface area contributed by atoms with Crippen LogP contribution in [0.2, 0.25) is 0 Å². The Morgan fingerprint density at radius 2 is 1.83 bits per heavy atom. The topological polar surface area (TPSA) is 49.9 Å². The first-order chi connectivity index (χ1) is 10.8. The van der Waals surface area contributed by atoms with Crippen molar-refractivity contribution in [2.45, 2.75) is 36.8 Å². The number of halogens is 2. The molecule has 0 radical (unpaired) electrons. The van der Waals surface area contributed by atoms with Crippen LogP contribution >= 0.6 is 0 Å². The standard InChI is InChI=1S/C15H20F2N2O3S/c1-15(5-6-15)18-7-9-19(10-8-18)23(20,21)13-4-2-3-12(11-13)22-14(16)17/h2-4,11,14H,5-10H2,1H3. The summed E-state index contributed by atoms with van der Waals surface area (Å²) < 4.78 is 55.6. The predicted molar refractivity (Wildman–Crippen MR) is 81.0 cm³/mol. The van der Waals surface area contributed by atoms with Crippen LogP contribution in [0, 0.1) is 0 Å². The first-order valence-corrected chi connectivity index (χ1v) is 9.05. The third-order valence-corrected chi connectivity index (χ3v) is 6.54. The molecule has 8 heteroatoms. The van der Waals surface area contributed by atoms with Crippen molar-refractivity contribution >= 4 is 10.0 Å². The molecule has 0 spiro atoms. The molecule has 1 aliphatic heterocycles. The van der Waals surface area contributed by atoms with Crippen molar-refractivity contribution < 1.29 is 21.9 Å². The molecule has 1 heterocycles. The van der Waals surface area contributed by atoms with Crippen LogP contribution in [0.3, 0.4) is 0 Å². The highest BCUT2D eigenvalue weighted by Gasteiger charge is 2.44. The molecule has 1 aliphatic carbocycles. The van der Waals surface area contributed by atoms with Gasteiger partial charge in [-0.25, -0.2) is 8.42 Å². The Kier molecular flexibility index (Phi) is 4.33. The number of piperazine rings is 1. The first kappa shape index (κ1) is 16.6. The minimum atomic E-state index is -3.69. The second-order valence-corrected chi connectivity index (χ2v) is 8.18. The molecule has 5 nitrogen and oxygen atoms in total. The third kappa shape index (κ3) is 3.49. The van der Waals surface area contributed by atoms with Gasteiger partial charge in [0.2, 0.25) is 10.0 Å². The summed E-state index contributed by atoms with van der Waals surface area (Å²) in [6.07, 6.45) is 2.32. The molecular weight excluding hydrogens is 326 g/mol. The Hall–Kier alpha value is -1.25. The zero-order valence-corrected chi connectivity index (χ0v) is 13.7. The highest BCUT2D eigenvalue weighted by Crippen LogP contribution is 2.41. The van der Waals surface area contributed by atoms with Crippen LogP contribution in [0.5, 0.6) is 5.75 Å². The molecule has 128 valence electrons. The van der Waals surface area contributed by atoms with Crippen LogP contribution in [0.1, 0.15) is 19.8 Å². The summed E-state index contributed by atoms with van der Waals surface area (Å²) in [5.41, 5.74) is 0.237. The summed E-state index contributed by atoms with van der Waals surface area (Å²) in [6, 6.07) is 5.28. The number of hydrogen-bond acceptors (Lipinski definition) is 4. The molecule has 0 amide bonds. The van der Waals surface area contributed by atoms with Gasteiger partial charge in [-0.05, 0) is 31.9 Å². The maximum atomic E-state index is 12.7. The lowest BCUT2D eigenvalue weighted by Crippen LogP contribution is -2.52. The van der Waals surface area contributed by atoms with E-state index in [0.29, 0.717) is 26.2 Å². The Bertz CT molecular complexity index is 669. The first-order valence-electron chi connectivity index (χ1n) is 7.61. The van der Waals surface area contributed by atoms with Crippen molar-refractivity contribution in [2.75, 3.05) is 26.2 Å². The Morgan fingerprint density at radius 1 is 1.17 bits per heavy atom. The van der Waals surface area contributed by atoms with Crippen molar-refractivity contribution in [3.05, 3.63) is 24.3 Å². The molecular formula is C15H20F2N2O3S. The molecule has 0 bridgehead atoms. The molecule has 0 atom stereocenters. The molecule has 2 aliphatic rings. The Balaban J connectivity index is 1.72. The molecule has 0 N–H and O–H groups in total. The van der Waals surface area contributed by atoms with Gasteiger partial charge in [0.15, 0.2) is 0 Å². The fraction of sp³-hybridized carbons (Fsp3) is 0.600. The average Bonchev–Trinajstić information content (AvgIpc) is 3.26. The lowest BCUT2D eigenvalue weighted by Gasteiger charge is -2.37. The molecule has 3 rings (SSSR count). The Morgan fingerprint density at radius 3 is 2.39 bits per heavy atom. The fourth-order valence-electron chi connectivity index (χ4n) is 2.93. The van der Waals surface area contributed by atoms with E-state index in [2.05, 4.69) is 16.6 Å². The van der Waals surface area contributed by atoms with Crippen molar-refractivity contribution in [3.63, 3.8) is 0 Å². The summed E-state index contributed by atoms with van der Waals surface area (Å²) in [5.74, 6) is -0.148. The largest absolute Gasteiger partial charge is 0.435 e. The van der Waals surface area contributed by atoms with Crippen molar-refractivity contribution in [1.29, 1.82) is 0 Å². The SMILES string of the molecule is CC1(N2CCN(S(=O)(=O)c3cccc(OC(F)F)c3)CC2)CC1. The molecule has 1 aromatic carbocycles. The van der Waals surface area contributed by atoms with E-state index in [4.69, 9.17) is 0 Å². The van der Waals surface area contributed by atoms with Gasteiger partial charge in [-0.15, -0.1) is 0 Å². The van der Waals surface area contributed by atoms with E-state index in [0.717, 1.165) is 18.9 Å². The smallest absolute Gasteiger partial charge is 0.387 e. The van der Waals surface area contributed by atoms with Gasteiger partial charge < -0.3 is 4.74 Å². The summed E-state index contributed by atoms with van der Waals surface area (Å²) >= 11 is 0. The lowest BCUT2D eigenvalue weighted by atomic mass is 10.2. The number of hydrogen-bond donors (Lipinski definition) is 0. The summed E-state index contributed by atoms with van der Waals surface area (Å²) in [4.78, 5) is 2.32. The van der Waals surface area contributed by atoms with Gasteiger partial charge in [-0.3, -0.25) is 4.90 Å². The van der Waals surface area contributed by atoms with Gasteiger partial charge in [0.05, 0.1) is 4.90 Å². The second kappa shape index (κ2) is 5.99. The van der Waals surface area contributed by atoms with E-state index in [1.807, 2.05) is 0 Å². The van der Waals surface area contributed by atoms with E-state index in [9.17, 15) is 17.2 Å². The highest BCUT2D eigenvalue weighted by atomic mass is 32.2. The maximum Gasteiger partial charge on any atom is 0.387 e. The van der Waals surface area contributed by atoms with Crippen LogP contribution in [0.15, 0.2) is 29.2 Å². The van der Waals surface area contributed by atoms with Gasteiger partial charge in [-0.2, -0.15) is 13.1 Å². The number of rotatable bonds is 5. The summed E-state index contributed by atoms with van der Waals surface area (Å²) in [7, 11) is -3.69. The van der Waals surface area contributed by atoms with Gasteiger partial charge >= 0.3 is 6.61 Å². The molecule has 23 heavy (non-hydrogen) atoms. The minimum Gasteiger partial charge on any atom is -0.435 e. The molecule has 0 unspecified atom stereocenters. The number of ether oxygens (including phenoxy) is 1. The number of nitrogens with zero attached hydrogens (tertiary/aromatic N) is 2. The minimum absolute atomic E-state index is 0.0123. The normalized spacial score (nSPS) is 22.3. The Labute approximate surface area is 134 Å². The van der Waals surface area contributed by atoms with Crippen LogP contribution < -0.4 is 4.74 Å². The summed E-state index contributed by atoms with van der Waals surface area (Å²) in [6.45, 7) is 1.44. The number of sulfonamides is 1. The fourth-order valence-corrected chi connectivity index (χ4v) is 4.38. The van der Waals surface area contributed by atoms with Gasteiger partial charge in [0.1, 0.15) is 5.75 Å². The number of benzene rings is 1. The van der Waals surface area contributed by atoms with Gasteiger partial charge in [0.25, 0.3) is 0 Å². The zero-order chi connectivity index (χ0) is 16.7. The van der Waals surface area contributed by atoms with Gasteiger partial charge in [0, 0.05) is 37.8 Å². The molecule has 0 aromatic heterocycles. The van der Waals surface area contributed by atoms with E-state index in [1.54, 1.807) is 0 Å². The average molecular weight is 346 g/mol. The van der Waals surface area contributed by atoms with Crippen molar-refractivity contribution in [2.24, 2.45) is 0 Å². The van der Waals surface area contributed by atoms with Crippen molar-refractivity contribution in [1.82, 2.24) is 9.21 Å². The van der Waals surface area contributed by atoms with Crippen LogP contribution in [-0.4, -0.2) is 56.0 Å². The summed E-state index contributed by atoms with van der Waals surface area (Å²) in [5, 5.41) is 0. The second-order valence-electron chi connectivity index (χ2n) is 6.24. The number of alkyl halides is 2. The third-order valence-electron chi connectivity index (χ3n) is 4.64. The zero-order valence-electron chi connectivity index (χ0n) is 12.9. The van der Waals surface area contributed by atoms with E-state index < -0.39 is 16.6 Å². The van der Waals surface area contributed by atoms with Crippen molar-refractivity contribution in [3.8, 4) is 5.75 Å². The van der Waals surface area contributed by atoms with Crippen LogP contribution in [-0.2, 0) is 10.0 Å². The van der Waals surface area contributed by atoms with Crippen LogP contribution in [0.25, 0.3) is 0 Å². The van der Waals surface area contributed by atoms with Gasteiger partial charge in [-0.1, -0.05) is 6.07 Å². The molecule has 1 saturated carbocycles. The monoisotopic (exact) mass is 346 g/mol. The van der Waals surface area contributed by atoms with E-state index in [-0.39, 0.29) is 16.2 Å². The van der Waals surface area contributed by atoms with E-state index >= 15 is 0 Å². The lowest BCUT2D eigenvalue weighted by molar-refractivity contribution is -0.0500.